The second-order valence-electron chi connectivity index (χ2n) is 10.1. The number of para-hydroxylation sites is 1. The second-order valence-corrected chi connectivity index (χ2v) is 10.1. The second kappa shape index (κ2) is 15.1. The van der Waals surface area contributed by atoms with Crippen LogP contribution in [0, 0.1) is 17.7 Å². The Balaban J connectivity index is 0.000000337. The van der Waals surface area contributed by atoms with Crippen LogP contribution in [0.2, 0.25) is 0 Å². The normalized spacial score (nSPS) is 10.4. The minimum atomic E-state index is -0.335. The topological polar surface area (TPSA) is 109 Å². The van der Waals surface area contributed by atoms with Gasteiger partial charge in [-0.25, -0.2) is 0 Å². The van der Waals surface area contributed by atoms with Crippen LogP contribution in [-0.2, 0) is 19.4 Å². The van der Waals surface area contributed by atoms with E-state index in [0.29, 0.717) is 24.5 Å². The lowest BCUT2D eigenvalue weighted by atomic mass is 10.1. The number of rotatable bonds is 9. The highest BCUT2D eigenvalue weighted by molar-refractivity contribution is 6.01. The highest BCUT2D eigenvalue weighted by Gasteiger charge is 2.17. The monoisotopic (exact) mass is 558 g/mol. The molecule has 42 heavy (non-hydrogen) atoms. The molecule has 2 heterocycles. The molecular weight excluding hydrogens is 520 g/mol. The Labute approximate surface area is 247 Å². The van der Waals surface area contributed by atoms with Gasteiger partial charge in [0.05, 0.1) is 13.1 Å². The summed E-state index contributed by atoms with van der Waals surface area (Å²) in [5.74, 6) is 0.191. The minimum Gasteiger partial charge on any atom is -0.361 e. The summed E-state index contributed by atoms with van der Waals surface area (Å²) in [6.45, 7) is 4.66. The van der Waals surface area contributed by atoms with Crippen LogP contribution in [0.15, 0.2) is 109 Å². The van der Waals surface area contributed by atoms with Gasteiger partial charge in [-0.2, -0.15) is 0 Å². The van der Waals surface area contributed by atoms with Crippen molar-refractivity contribution in [3.05, 3.63) is 137 Å². The third kappa shape index (κ3) is 8.48. The maximum atomic E-state index is 12.3. The molecule has 7 heteroatoms. The first-order valence-electron chi connectivity index (χ1n) is 14.2. The van der Waals surface area contributed by atoms with Crippen LogP contribution >= 0.6 is 0 Å². The summed E-state index contributed by atoms with van der Waals surface area (Å²) in [6, 6.07) is 31.7. The third-order valence-electron chi connectivity index (χ3n) is 7.03. The molecule has 3 aromatic carbocycles. The number of fused-ring (bicyclic) bond motifs is 1. The maximum Gasteiger partial charge on any atom is 0.270 e. The largest absolute Gasteiger partial charge is 0.361 e. The molecule has 0 bridgehead atoms. The van der Waals surface area contributed by atoms with Gasteiger partial charge in [0.1, 0.15) is 17.4 Å². The standard InChI is InChI=1S/C26H29N5O.C9H9N/c1-2-20-11-13-22(14-12-20)19-31(24(27)16-15-21-8-4-3-5-9-21)25(28)18-30-26(32)23-10-6-7-17-29-23;1-7-6-10-9-5-3-2-4-8(7)9/h3-14,17,27-28H,2,15-16,18-19H2,1H3,(H,30,32);2-6,10H,1H3. The summed E-state index contributed by atoms with van der Waals surface area (Å²) < 4.78 is 0. The molecule has 0 unspecified atom stereocenters. The predicted molar refractivity (Wildman–Crippen MR) is 171 cm³/mol. The Morgan fingerprint density at radius 1 is 0.833 bits per heavy atom. The molecule has 0 atom stereocenters. The first kappa shape index (κ1) is 29.9. The van der Waals surface area contributed by atoms with Crippen molar-refractivity contribution in [2.45, 2.75) is 39.7 Å². The van der Waals surface area contributed by atoms with Crippen molar-refractivity contribution in [3.63, 3.8) is 0 Å². The summed E-state index contributed by atoms with van der Waals surface area (Å²) in [6.07, 6.45) is 5.79. The van der Waals surface area contributed by atoms with Gasteiger partial charge in [-0.3, -0.25) is 20.6 Å². The Morgan fingerprint density at radius 3 is 2.21 bits per heavy atom. The Hall–Kier alpha value is -5.04. The van der Waals surface area contributed by atoms with Crippen molar-refractivity contribution in [1.82, 2.24) is 20.2 Å². The van der Waals surface area contributed by atoms with Gasteiger partial charge < -0.3 is 15.2 Å². The number of aromatic amines is 1. The van der Waals surface area contributed by atoms with E-state index in [2.05, 4.69) is 59.5 Å². The average molecular weight is 559 g/mol. The van der Waals surface area contributed by atoms with Crippen LogP contribution in [0.5, 0.6) is 0 Å². The van der Waals surface area contributed by atoms with Crippen LogP contribution in [0.25, 0.3) is 10.9 Å². The van der Waals surface area contributed by atoms with Crippen molar-refractivity contribution >= 4 is 28.5 Å². The molecule has 0 aliphatic rings. The molecule has 0 spiro atoms. The summed E-state index contributed by atoms with van der Waals surface area (Å²) >= 11 is 0. The molecule has 7 nitrogen and oxygen atoms in total. The number of hydrogen-bond acceptors (Lipinski definition) is 4. The Morgan fingerprint density at radius 2 is 1.52 bits per heavy atom. The Bertz CT molecular complexity index is 1590. The first-order valence-corrected chi connectivity index (χ1v) is 14.2. The average Bonchev–Trinajstić information content (AvgIpc) is 3.43. The molecule has 5 aromatic rings. The molecule has 4 N–H and O–H groups in total. The van der Waals surface area contributed by atoms with Crippen LogP contribution in [0.3, 0.4) is 0 Å². The number of aromatic nitrogens is 2. The molecular formula is C35H38N6O. The van der Waals surface area contributed by atoms with E-state index in [4.69, 9.17) is 10.8 Å². The summed E-state index contributed by atoms with van der Waals surface area (Å²) in [7, 11) is 0. The van der Waals surface area contributed by atoms with E-state index in [1.165, 1.54) is 22.0 Å². The fraction of sp³-hybridized carbons (Fsp3) is 0.200. The fourth-order valence-electron chi connectivity index (χ4n) is 4.52. The Kier molecular flexibility index (Phi) is 10.8. The van der Waals surface area contributed by atoms with Gasteiger partial charge in [0.25, 0.3) is 5.91 Å². The zero-order chi connectivity index (χ0) is 29.7. The molecule has 0 radical (unpaired) electrons. The molecule has 0 aliphatic heterocycles. The highest BCUT2D eigenvalue weighted by Crippen LogP contribution is 2.15. The number of aryl methyl sites for hydroxylation is 3. The zero-order valence-electron chi connectivity index (χ0n) is 24.2. The van der Waals surface area contributed by atoms with Crippen LogP contribution < -0.4 is 5.32 Å². The number of nitrogens with zero attached hydrogens (tertiary/aromatic N) is 2. The zero-order valence-corrected chi connectivity index (χ0v) is 24.2. The minimum absolute atomic E-state index is 0.0240. The molecule has 1 amide bonds. The van der Waals surface area contributed by atoms with E-state index in [0.717, 1.165) is 24.0 Å². The van der Waals surface area contributed by atoms with E-state index in [-0.39, 0.29) is 18.3 Å². The number of pyridine rings is 1. The van der Waals surface area contributed by atoms with E-state index < -0.39 is 0 Å². The van der Waals surface area contributed by atoms with Crippen LogP contribution in [-0.4, -0.2) is 39.0 Å². The van der Waals surface area contributed by atoms with Crippen molar-refractivity contribution < 1.29 is 4.79 Å². The maximum absolute atomic E-state index is 12.3. The smallest absolute Gasteiger partial charge is 0.270 e. The number of carbonyl (C=O) groups is 1. The van der Waals surface area contributed by atoms with Crippen molar-refractivity contribution in [2.75, 3.05) is 6.54 Å². The van der Waals surface area contributed by atoms with Gasteiger partial charge >= 0.3 is 0 Å². The van der Waals surface area contributed by atoms with Gasteiger partial charge in [-0.1, -0.05) is 85.8 Å². The van der Waals surface area contributed by atoms with Gasteiger partial charge in [-0.15, -0.1) is 0 Å². The molecule has 214 valence electrons. The number of amides is 1. The number of benzene rings is 3. The van der Waals surface area contributed by atoms with Crippen molar-refractivity contribution in [1.29, 1.82) is 10.8 Å². The molecule has 0 saturated heterocycles. The molecule has 5 rings (SSSR count). The highest BCUT2D eigenvalue weighted by atomic mass is 16.1. The van der Waals surface area contributed by atoms with Gasteiger partial charge in [0.15, 0.2) is 0 Å². The van der Waals surface area contributed by atoms with E-state index in [9.17, 15) is 4.79 Å². The fourth-order valence-corrected chi connectivity index (χ4v) is 4.52. The van der Waals surface area contributed by atoms with Crippen molar-refractivity contribution in [2.24, 2.45) is 0 Å². The number of nitrogens with one attached hydrogen (secondary N) is 4. The lowest BCUT2D eigenvalue weighted by Gasteiger charge is -2.26. The lowest BCUT2D eigenvalue weighted by Crippen LogP contribution is -2.42. The van der Waals surface area contributed by atoms with E-state index >= 15 is 0 Å². The molecule has 2 aromatic heterocycles. The van der Waals surface area contributed by atoms with E-state index in [1.807, 2.05) is 54.7 Å². The van der Waals surface area contributed by atoms with Gasteiger partial charge in [-0.05, 0) is 60.2 Å². The van der Waals surface area contributed by atoms with Crippen LogP contribution in [0.4, 0.5) is 0 Å². The number of H-pyrrole nitrogens is 1. The third-order valence-corrected chi connectivity index (χ3v) is 7.03. The predicted octanol–water partition coefficient (Wildman–Crippen LogP) is 6.94. The SMILES string of the molecule is CCc1ccc(CN(C(=N)CCc2ccccc2)C(=N)CNC(=O)c2ccccn2)cc1.Cc1c[nH]c2ccccc12. The van der Waals surface area contributed by atoms with Crippen LogP contribution in [0.1, 0.15) is 46.1 Å². The first-order chi connectivity index (χ1) is 20.4. The molecule has 0 saturated carbocycles. The summed E-state index contributed by atoms with van der Waals surface area (Å²) in [5, 5.41) is 21.3. The van der Waals surface area contributed by atoms with Gasteiger partial charge in [0, 0.05) is 29.7 Å². The number of carbonyl (C=O) groups excluding carboxylic acids is 1. The summed E-state index contributed by atoms with van der Waals surface area (Å²) in [5.41, 5.74) is 6.26. The molecule has 0 aliphatic carbocycles. The van der Waals surface area contributed by atoms with Gasteiger partial charge in [0.2, 0.25) is 0 Å². The summed E-state index contributed by atoms with van der Waals surface area (Å²) in [4.78, 5) is 21.2. The molecule has 0 fully saturated rings. The van der Waals surface area contributed by atoms with Crippen molar-refractivity contribution in [3.8, 4) is 0 Å². The van der Waals surface area contributed by atoms with E-state index in [1.54, 1.807) is 29.3 Å². The quantitative estimate of drug-likeness (QED) is 0.116. The number of hydrogen-bond donors (Lipinski definition) is 4. The lowest BCUT2D eigenvalue weighted by molar-refractivity contribution is 0.0953. The number of amidine groups is 2.